The predicted octanol–water partition coefficient (Wildman–Crippen LogP) is 1.09. The van der Waals surface area contributed by atoms with Crippen LogP contribution < -0.4 is 5.32 Å². The van der Waals surface area contributed by atoms with E-state index in [0.29, 0.717) is 11.7 Å². The number of hydrogen-bond donors (Lipinski definition) is 1. The monoisotopic (exact) mass is 248 g/mol. The molecule has 1 N–H and O–H groups in total. The van der Waals surface area contributed by atoms with E-state index in [9.17, 15) is 0 Å². The van der Waals surface area contributed by atoms with E-state index in [0.717, 1.165) is 18.7 Å². The van der Waals surface area contributed by atoms with Crippen LogP contribution in [0.2, 0.25) is 0 Å². The number of hydrogen-bond acceptors (Lipinski definition) is 5. The molecule has 0 aliphatic carbocycles. The first kappa shape index (κ1) is 12.9. The molecule has 18 heavy (non-hydrogen) atoms. The lowest BCUT2D eigenvalue weighted by Crippen LogP contribution is -2.42. The highest BCUT2D eigenvalue weighted by Gasteiger charge is 2.24. The summed E-state index contributed by atoms with van der Waals surface area (Å²) in [6, 6.07) is 4.26. The van der Waals surface area contributed by atoms with E-state index in [1.807, 2.05) is 12.1 Å². The maximum atomic E-state index is 4.41. The molecule has 0 aliphatic rings. The van der Waals surface area contributed by atoms with Crippen LogP contribution in [0.3, 0.4) is 0 Å². The summed E-state index contributed by atoms with van der Waals surface area (Å²) in [4.78, 5) is 0. The van der Waals surface area contributed by atoms with Gasteiger partial charge in [-0.05, 0) is 34.5 Å². The summed E-state index contributed by atoms with van der Waals surface area (Å²) in [5, 5.41) is 19.2. The Labute approximate surface area is 107 Å². The quantitative estimate of drug-likeness (QED) is 0.877. The first-order valence-corrected chi connectivity index (χ1v) is 6.28. The number of nitrogens with zero attached hydrogens (tertiary/aromatic N) is 5. The molecular weight excluding hydrogens is 228 g/mol. The van der Waals surface area contributed by atoms with E-state index in [-0.39, 0.29) is 5.41 Å². The molecular formula is C12H20N6. The third-order valence-corrected chi connectivity index (χ3v) is 3.03. The Hall–Kier alpha value is -1.56. The zero-order chi connectivity index (χ0) is 13.2. The van der Waals surface area contributed by atoms with Crippen molar-refractivity contribution in [3.8, 4) is 0 Å². The number of nitrogens with one attached hydrogen (secondary N) is 1. The summed E-state index contributed by atoms with van der Waals surface area (Å²) in [6.07, 6.45) is 0.868. The molecule has 0 amide bonds. The van der Waals surface area contributed by atoms with Gasteiger partial charge in [-0.15, -0.1) is 9.73 Å². The van der Waals surface area contributed by atoms with Crippen molar-refractivity contribution in [2.45, 2.75) is 40.2 Å². The lowest BCUT2D eigenvalue weighted by molar-refractivity contribution is 0.268. The number of rotatable bonds is 4. The maximum absolute atomic E-state index is 4.41. The fourth-order valence-electron chi connectivity index (χ4n) is 1.94. The number of likely N-dealkylation sites (N-methyl/N-ethyl adjacent to an activating group) is 1. The molecule has 0 saturated carbocycles. The van der Waals surface area contributed by atoms with Crippen molar-refractivity contribution >= 4 is 5.65 Å². The molecule has 2 aromatic rings. The fourth-order valence-corrected chi connectivity index (χ4v) is 1.94. The number of fused-ring (bicyclic) bond motifs is 1. The van der Waals surface area contributed by atoms with Crippen LogP contribution in [0.4, 0.5) is 0 Å². The van der Waals surface area contributed by atoms with Crippen LogP contribution in [0.15, 0.2) is 12.1 Å². The van der Waals surface area contributed by atoms with E-state index in [1.54, 1.807) is 0 Å². The first-order chi connectivity index (χ1) is 8.50. The van der Waals surface area contributed by atoms with Gasteiger partial charge >= 0.3 is 0 Å². The van der Waals surface area contributed by atoms with Gasteiger partial charge in [0.2, 0.25) is 0 Å². The maximum Gasteiger partial charge on any atom is 0.199 e. The normalized spacial score (nSPS) is 14.0. The Morgan fingerprint density at radius 2 is 2.11 bits per heavy atom. The zero-order valence-corrected chi connectivity index (χ0v) is 11.4. The number of aromatic nitrogens is 5. The van der Waals surface area contributed by atoms with E-state index >= 15 is 0 Å². The topological polar surface area (TPSA) is 68.0 Å². The molecule has 2 aromatic heterocycles. The van der Waals surface area contributed by atoms with Crippen molar-refractivity contribution in [1.29, 1.82) is 0 Å². The van der Waals surface area contributed by atoms with Gasteiger partial charge in [-0.2, -0.15) is 5.10 Å². The fraction of sp³-hybridized carbons (Fsp3) is 0.667. The largest absolute Gasteiger partial charge is 0.313 e. The minimum atomic E-state index is 0.188. The van der Waals surface area contributed by atoms with Crippen LogP contribution in [0, 0.1) is 5.41 Å². The number of tetrazole rings is 1. The average molecular weight is 248 g/mol. The Kier molecular flexibility index (Phi) is 3.56. The molecule has 0 bridgehead atoms. The molecule has 0 aliphatic heterocycles. The molecule has 1 atom stereocenters. The molecule has 0 saturated heterocycles. The zero-order valence-electron chi connectivity index (χ0n) is 11.4. The van der Waals surface area contributed by atoms with Crippen molar-refractivity contribution in [2.24, 2.45) is 5.41 Å². The van der Waals surface area contributed by atoms with E-state index in [2.05, 4.69) is 53.6 Å². The van der Waals surface area contributed by atoms with Crippen LogP contribution >= 0.6 is 0 Å². The third kappa shape index (κ3) is 2.81. The summed E-state index contributed by atoms with van der Waals surface area (Å²) in [7, 11) is 0. The Morgan fingerprint density at radius 3 is 2.78 bits per heavy atom. The molecule has 98 valence electrons. The van der Waals surface area contributed by atoms with E-state index in [4.69, 9.17) is 0 Å². The second-order valence-corrected chi connectivity index (χ2v) is 5.53. The van der Waals surface area contributed by atoms with Crippen LogP contribution in [0.5, 0.6) is 0 Å². The second-order valence-electron chi connectivity index (χ2n) is 5.53. The third-order valence-electron chi connectivity index (χ3n) is 3.03. The summed E-state index contributed by atoms with van der Waals surface area (Å²) >= 11 is 0. The van der Waals surface area contributed by atoms with Gasteiger partial charge in [0.05, 0.1) is 5.69 Å². The van der Waals surface area contributed by atoms with Crippen molar-refractivity contribution in [1.82, 2.24) is 30.6 Å². The van der Waals surface area contributed by atoms with Crippen LogP contribution in [-0.4, -0.2) is 37.8 Å². The summed E-state index contributed by atoms with van der Waals surface area (Å²) < 4.78 is 1.47. The Bertz CT molecular complexity index is 513. The smallest absolute Gasteiger partial charge is 0.199 e. The van der Waals surface area contributed by atoms with Crippen molar-refractivity contribution in [3.63, 3.8) is 0 Å². The average Bonchev–Trinajstić information content (AvgIpc) is 2.74. The van der Waals surface area contributed by atoms with Crippen LogP contribution in [-0.2, 0) is 6.42 Å². The summed E-state index contributed by atoms with van der Waals surface area (Å²) in [5.41, 5.74) is 1.86. The molecule has 0 aromatic carbocycles. The minimum Gasteiger partial charge on any atom is -0.313 e. The molecule has 1 unspecified atom stereocenters. The second kappa shape index (κ2) is 4.97. The van der Waals surface area contributed by atoms with Gasteiger partial charge in [0, 0.05) is 12.5 Å². The molecule has 2 heterocycles. The van der Waals surface area contributed by atoms with Gasteiger partial charge in [-0.25, -0.2) is 0 Å². The Balaban J connectivity index is 2.19. The van der Waals surface area contributed by atoms with Crippen molar-refractivity contribution in [2.75, 3.05) is 6.54 Å². The minimum absolute atomic E-state index is 0.188. The molecule has 6 nitrogen and oxygen atoms in total. The van der Waals surface area contributed by atoms with E-state index in [1.165, 1.54) is 4.63 Å². The van der Waals surface area contributed by atoms with Gasteiger partial charge < -0.3 is 5.32 Å². The lowest BCUT2D eigenvalue weighted by atomic mass is 9.84. The molecule has 2 rings (SSSR count). The standard InChI is InChI=1S/C12H20N6/c1-5-13-10(12(2,3)4)8-9-6-7-11-14-16-17-18(11)15-9/h6-7,10,13H,5,8H2,1-4H3. The molecule has 0 fully saturated rings. The van der Waals surface area contributed by atoms with Crippen LogP contribution in [0.25, 0.3) is 5.65 Å². The van der Waals surface area contributed by atoms with Gasteiger partial charge in [-0.3, -0.25) is 0 Å². The summed E-state index contributed by atoms with van der Waals surface area (Å²) in [5.74, 6) is 0. The Morgan fingerprint density at radius 1 is 1.33 bits per heavy atom. The highest BCUT2D eigenvalue weighted by Crippen LogP contribution is 2.22. The first-order valence-electron chi connectivity index (χ1n) is 6.28. The van der Waals surface area contributed by atoms with E-state index < -0.39 is 0 Å². The molecule has 0 radical (unpaired) electrons. The summed E-state index contributed by atoms with van der Waals surface area (Å²) in [6.45, 7) is 9.77. The highest BCUT2D eigenvalue weighted by molar-refractivity contribution is 5.33. The van der Waals surface area contributed by atoms with Gasteiger partial charge in [0.1, 0.15) is 0 Å². The van der Waals surface area contributed by atoms with Gasteiger partial charge in [-0.1, -0.05) is 27.7 Å². The lowest BCUT2D eigenvalue weighted by Gasteiger charge is -2.31. The molecule has 0 spiro atoms. The SMILES string of the molecule is CCNC(Cc1ccc2nnnn2n1)C(C)(C)C. The predicted molar refractivity (Wildman–Crippen MR) is 69.2 cm³/mol. The van der Waals surface area contributed by atoms with Gasteiger partial charge in [0.25, 0.3) is 0 Å². The highest BCUT2D eigenvalue weighted by atomic mass is 15.6. The van der Waals surface area contributed by atoms with Crippen molar-refractivity contribution in [3.05, 3.63) is 17.8 Å². The van der Waals surface area contributed by atoms with Gasteiger partial charge in [0.15, 0.2) is 5.65 Å². The molecule has 6 heteroatoms. The van der Waals surface area contributed by atoms with Crippen molar-refractivity contribution < 1.29 is 0 Å². The van der Waals surface area contributed by atoms with Crippen LogP contribution in [0.1, 0.15) is 33.4 Å².